The second-order valence-corrected chi connectivity index (χ2v) is 9.03. The van der Waals surface area contributed by atoms with E-state index in [1.54, 1.807) is 18.2 Å². The Hall–Kier alpha value is -3.70. The van der Waals surface area contributed by atoms with Crippen LogP contribution < -0.4 is 26.7 Å². The molecule has 0 saturated heterocycles. The van der Waals surface area contributed by atoms with Crippen LogP contribution in [0.4, 0.5) is 11.5 Å². The molecule has 0 fully saturated rings. The number of nitrogen functional groups attached to an aromatic ring is 1. The first-order valence-corrected chi connectivity index (χ1v) is 11.2. The highest BCUT2D eigenvalue weighted by Crippen LogP contribution is 2.29. The summed E-state index contributed by atoms with van der Waals surface area (Å²) in [5.41, 5.74) is 7.13. The zero-order valence-corrected chi connectivity index (χ0v) is 18.7. The third kappa shape index (κ3) is 4.45. The van der Waals surface area contributed by atoms with E-state index >= 15 is 0 Å². The minimum atomic E-state index is -0.388. The highest BCUT2D eigenvalue weighted by Gasteiger charge is 2.25. The summed E-state index contributed by atoms with van der Waals surface area (Å²) in [6, 6.07) is 10.6. The molecule has 1 aliphatic rings. The number of halogens is 1. The molecule has 0 unspecified atom stereocenters. The van der Waals surface area contributed by atoms with Crippen LogP contribution in [-0.4, -0.2) is 32.3 Å². The van der Waals surface area contributed by atoms with Crippen molar-refractivity contribution in [2.75, 3.05) is 17.7 Å². The number of anilines is 2. The summed E-state index contributed by atoms with van der Waals surface area (Å²) in [6.45, 7) is 0.438. The van der Waals surface area contributed by atoms with Gasteiger partial charge in [-0.2, -0.15) is 0 Å². The first-order valence-electron chi connectivity index (χ1n) is 9.99. The molecule has 0 bridgehead atoms. The molecule has 0 aliphatic carbocycles. The molecule has 4 aromatic rings. The van der Waals surface area contributed by atoms with Gasteiger partial charge in [0.25, 0.3) is 5.56 Å². The Morgan fingerprint density at radius 3 is 2.94 bits per heavy atom. The quantitative estimate of drug-likeness (QED) is 0.393. The predicted molar refractivity (Wildman–Crippen MR) is 125 cm³/mol. The van der Waals surface area contributed by atoms with Gasteiger partial charge in [0.1, 0.15) is 30.8 Å². The van der Waals surface area contributed by atoms with Crippen molar-refractivity contribution < 1.29 is 9.53 Å². The first kappa shape index (κ1) is 21.2. The largest absolute Gasteiger partial charge is 0.473 e. The number of carbonyl (C=O) groups is 1. The highest BCUT2D eigenvalue weighted by molar-refractivity contribution is 7.19. The van der Waals surface area contributed by atoms with Gasteiger partial charge in [0.05, 0.1) is 17.3 Å². The van der Waals surface area contributed by atoms with Crippen molar-refractivity contribution in [3.05, 3.63) is 68.5 Å². The lowest BCUT2D eigenvalue weighted by atomic mass is 10.1. The van der Waals surface area contributed by atoms with E-state index in [0.717, 1.165) is 20.7 Å². The van der Waals surface area contributed by atoms with Crippen LogP contribution in [0.15, 0.2) is 47.5 Å². The number of hydrogen-bond donors (Lipinski definition) is 3. The molecule has 1 aliphatic heterocycles. The Kier molecular flexibility index (Phi) is 5.56. The molecular weight excluding hydrogens is 466 g/mol. The maximum absolute atomic E-state index is 13.0. The third-order valence-corrected chi connectivity index (χ3v) is 6.42. The maximum Gasteiger partial charge on any atom is 0.281 e. The van der Waals surface area contributed by atoms with E-state index in [9.17, 15) is 9.59 Å². The van der Waals surface area contributed by atoms with Gasteiger partial charge in [-0.05, 0) is 23.8 Å². The zero-order chi connectivity index (χ0) is 22.9. The van der Waals surface area contributed by atoms with E-state index < -0.39 is 0 Å². The lowest BCUT2D eigenvalue weighted by Gasteiger charge is -2.26. The molecule has 1 amide bonds. The smallest absolute Gasteiger partial charge is 0.281 e. The number of thiophene rings is 1. The number of aromatic nitrogens is 4. The van der Waals surface area contributed by atoms with Crippen LogP contribution >= 0.6 is 22.9 Å². The maximum atomic E-state index is 13.0. The third-order valence-electron chi connectivity index (χ3n) is 5.10. The molecule has 4 heterocycles. The number of carbonyl (C=O) groups excluding carboxylic acids is 1. The summed E-state index contributed by atoms with van der Waals surface area (Å²) in [7, 11) is 0. The second kappa shape index (κ2) is 8.68. The van der Waals surface area contributed by atoms with E-state index in [1.807, 2.05) is 18.2 Å². The van der Waals surface area contributed by atoms with E-state index in [2.05, 4.69) is 25.8 Å². The number of nitrogens with one attached hydrogen (secondary N) is 2. The molecule has 0 saturated carbocycles. The van der Waals surface area contributed by atoms with Gasteiger partial charge in [0, 0.05) is 16.0 Å². The molecule has 5 rings (SSSR count). The van der Waals surface area contributed by atoms with E-state index in [1.165, 1.54) is 22.2 Å². The molecule has 10 nitrogen and oxygen atoms in total. The van der Waals surface area contributed by atoms with Crippen molar-refractivity contribution in [2.45, 2.75) is 19.1 Å². The van der Waals surface area contributed by atoms with Crippen LogP contribution in [0.1, 0.15) is 16.5 Å². The van der Waals surface area contributed by atoms with Crippen molar-refractivity contribution in [1.29, 1.82) is 0 Å². The minimum absolute atomic E-state index is 0.177. The Morgan fingerprint density at radius 1 is 1.30 bits per heavy atom. The van der Waals surface area contributed by atoms with Crippen molar-refractivity contribution in [1.82, 2.24) is 25.1 Å². The number of rotatable bonds is 5. The normalized spacial score (nSPS) is 14.9. The van der Waals surface area contributed by atoms with Crippen LogP contribution in [0.3, 0.4) is 0 Å². The number of amides is 1. The fraction of sp³-hybridized carbons (Fsp3) is 0.190. The first-order chi connectivity index (χ1) is 16.0. The van der Waals surface area contributed by atoms with Gasteiger partial charge in [-0.25, -0.2) is 4.98 Å². The van der Waals surface area contributed by atoms with Crippen LogP contribution in [-0.2, 0) is 17.9 Å². The number of ether oxygens (including phenoxy) is 1. The fourth-order valence-corrected chi connectivity index (χ4v) is 4.57. The van der Waals surface area contributed by atoms with Crippen molar-refractivity contribution in [3.8, 4) is 5.88 Å². The summed E-state index contributed by atoms with van der Waals surface area (Å²) in [6.07, 6.45) is 1.31. The van der Waals surface area contributed by atoms with Gasteiger partial charge < -0.3 is 21.1 Å². The van der Waals surface area contributed by atoms with Crippen molar-refractivity contribution in [2.24, 2.45) is 0 Å². The van der Waals surface area contributed by atoms with Gasteiger partial charge in [-0.15, -0.1) is 21.5 Å². The van der Waals surface area contributed by atoms with Gasteiger partial charge in [-0.1, -0.05) is 23.7 Å². The minimum Gasteiger partial charge on any atom is -0.473 e. The monoisotopic (exact) mass is 483 g/mol. The van der Waals surface area contributed by atoms with Crippen molar-refractivity contribution >= 4 is 50.6 Å². The molecule has 1 atom stereocenters. The van der Waals surface area contributed by atoms with Gasteiger partial charge in [0.2, 0.25) is 11.8 Å². The fourth-order valence-electron chi connectivity index (χ4n) is 3.46. The summed E-state index contributed by atoms with van der Waals surface area (Å²) in [5, 5.41) is 14.5. The van der Waals surface area contributed by atoms with Crippen molar-refractivity contribution in [3.63, 3.8) is 0 Å². The molecule has 0 radical (unpaired) electrons. The van der Waals surface area contributed by atoms with Crippen LogP contribution in [0.5, 0.6) is 5.88 Å². The molecule has 168 valence electrons. The molecule has 3 aromatic heterocycles. The zero-order valence-electron chi connectivity index (χ0n) is 17.1. The standard InChI is InChI=1S/C21H18ClN7O3S/c22-12-3-1-11(2-4-12)15-9-32-20-19(26-15)21(31)29(10-25-20)8-18(30)24-7-13-5-14-16(33-13)6-17(23)28-27-14/h1-6,10,15,26H,7-9H2,(H2,23,28)(H,24,30)/t15-/m0/s1. The SMILES string of the molecule is Nc1cc2sc(CNC(=O)Cn3cnc4c(c3=O)N[C@H](c3ccc(Cl)cc3)CO4)cc2nn1. The number of nitrogens with zero attached hydrogens (tertiary/aromatic N) is 4. The molecule has 12 heteroatoms. The molecule has 4 N–H and O–H groups in total. The number of nitrogens with two attached hydrogens (primary N) is 1. The van der Waals surface area contributed by atoms with E-state index in [0.29, 0.717) is 24.0 Å². The molecule has 1 aromatic carbocycles. The Labute approximate surface area is 196 Å². The number of benzene rings is 1. The number of fused-ring (bicyclic) bond motifs is 2. The van der Waals surface area contributed by atoms with E-state index in [4.69, 9.17) is 22.1 Å². The van der Waals surface area contributed by atoms with Gasteiger partial charge in [0.15, 0.2) is 5.69 Å². The number of hydrogen-bond acceptors (Lipinski definition) is 9. The van der Waals surface area contributed by atoms with Crippen LogP contribution in [0.2, 0.25) is 5.02 Å². The average molecular weight is 484 g/mol. The molecule has 33 heavy (non-hydrogen) atoms. The van der Waals surface area contributed by atoms with Crippen LogP contribution in [0.25, 0.3) is 10.2 Å². The van der Waals surface area contributed by atoms with Crippen LogP contribution in [0, 0.1) is 0 Å². The molecular formula is C21H18ClN7O3S. The Balaban J connectivity index is 1.27. The Morgan fingerprint density at radius 2 is 2.12 bits per heavy atom. The molecule has 0 spiro atoms. The average Bonchev–Trinajstić information content (AvgIpc) is 3.22. The Bertz CT molecular complexity index is 1400. The summed E-state index contributed by atoms with van der Waals surface area (Å²) in [4.78, 5) is 30.5. The van der Waals surface area contributed by atoms with Gasteiger partial charge >= 0.3 is 0 Å². The predicted octanol–water partition coefficient (Wildman–Crippen LogP) is 2.35. The van der Waals surface area contributed by atoms with Gasteiger partial charge in [-0.3, -0.25) is 14.2 Å². The van der Waals surface area contributed by atoms with E-state index in [-0.39, 0.29) is 35.6 Å². The lowest BCUT2D eigenvalue weighted by Crippen LogP contribution is -2.36. The lowest BCUT2D eigenvalue weighted by molar-refractivity contribution is -0.121. The summed E-state index contributed by atoms with van der Waals surface area (Å²) >= 11 is 7.42. The summed E-state index contributed by atoms with van der Waals surface area (Å²) < 4.78 is 7.80. The topological polar surface area (TPSA) is 137 Å². The second-order valence-electron chi connectivity index (χ2n) is 7.43. The summed E-state index contributed by atoms with van der Waals surface area (Å²) in [5.74, 6) is 0.232. The highest BCUT2D eigenvalue weighted by atomic mass is 35.5.